The van der Waals surface area contributed by atoms with Crippen molar-refractivity contribution in [2.45, 2.75) is 64.7 Å². The highest BCUT2D eigenvalue weighted by atomic mass is 14.2. The lowest BCUT2D eigenvalue weighted by molar-refractivity contribution is 0.589. The van der Waals surface area contributed by atoms with Crippen LogP contribution >= 0.6 is 0 Å². The van der Waals surface area contributed by atoms with Gasteiger partial charge in [0.15, 0.2) is 0 Å². The SMILES string of the molecule is [CH]=CCCCCCCc1ccc(C(C)(C)C)cc1. The van der Waals surface area contributed by atoms with Gasteiger partial charge in [-0.05, 0) is 42.2 Å². The summed E-state index contributed by atoms with van der Waals surface area (Å²) in [7, 11) is 0. The van der Waals surface area contributed by atoms with Crippen molar-refractivity contribution in [3.63, 3.8) is 0 Å². The van der Waals surface area contributed by atoms with Crippen molar-refractivity contribution >= 4 is 0 Å². The highest BCUT2D eigenvalue weighted by molar-refractivity contribution is 5.27. The summed E-state index contributed by atoms with van der Waals surface area (Å²) >= 11 is 0. The van der Waals surface area contributed by atoms with Crippen molar-refractivity contribution in [2.24, 2.45) is 0 Å². The van der Waals surface area contributed by atoms with Gasteiger partial charge >= 0.3 is 0 Å². The molecule has 0 spiro atoms. The van der Waals surface area contributed by atoms with Crippen LogP contribution in [0.4, 0.5) is 0 Å². The van der Waals surface area contributed by atoms with Gasteiger partial charge in [0, 0.05) is 0 Å². The normalized spacial score (nSPS) is 11.5. The molecule has 0 unspecified atom stereocenters. The zero-order valence-electron chi connectivity index (χ0n) is 12.2. The van der Waals surface area contributed by atoms with Crippen LogP contribution in [-0.2, 0) is 11.8 Å². The fourth-order valence-corrected chi connectivity index (χ4v) is 2.12. The summed E-state index contributed by atoms with van der Waals surface area (Å²) < 4.78 is 0. The topological polar surface area (TPSA) is 0 Å². The molecule has 0 nitrogen and oxygen atoms in total. The Labute approximate surface area is 113 Å². The molecule has 99 valence electrons. The molecule has 0 N–H and O–H groups in total. The van der Waals surface area contributed by atoms with E-state index in [1.54, 1.807) is 6.08 Å². The summed E-state index contributed by atoms with van der Waals surface area (Å²) in [4.78, 5) is 0. The van der Waals surface area contributed by atoms with Crippen LogP contribution in [0.1, 0.15) is 64.0 Å². The van der Waals surface area contributed by atoms with Crippen molar-refractivity contribution in [3.05, 3.63) is 48.0 Å². The highest BCUT2D eigenvalue weighted by Gasteiger charge is 2.12. The van der Waals surface area contributed by atoms with Crippen LogP contribution in [0.3, 0.4) is 0 Å². The molecule has 0 atom stereocenters. The minimum absolute atomic E-state index is 0.261. The monoisotopic (exact) mass is 243 g/mol. The van der Waals surface area contributed by atoms with Crippen molar-refractivity contribution < 1.29 is 0 Å². The van der Waals surface area contributed by atoms with Crippen molar-refractivity contribution in [1.82, 2.24) is 0 Å². The first-order valence-electron chi connectivity index (χ1n) is 7.17. The smallest absolute Gasteiger partial charge is 0.0132 e. The zero-order valence-corrected chi connectivity index (χ0v) is 12.2. The maximum absolute atomic E-state index is 5.36. The lowest BCUT2D eigenvalue weighted by atomic mass is 9.86. The molecule has 18 heavy (non-hydrogen) atoms. The van der Waals surface area contributed by atoms with Crippen molar-refractivity contribution in [1.29, 1.82) is 0 Å². The summed E-state index contributed by atoms with van der Waals surface area (Å²) in [6.07, 6.45) is 9.17. The summed E-state index contributed by atoms with van der Waals surface area (Å²) in [5.41, 5.74) is 3.15. The molecular weight excluding hydrogens is 216 g/mol. The largest absolute Gasteiger partial charge is 0.0845 e. The number of hydrogen-bond donors (Lipinski definition) is 0. The highest BCUT2D eigenvalue weighted by Crippen LogP contribution is 2.22. The third-order valence-electron chi connectivity index (χ3n) is 3.41. The Morgan fingerprint density at radius 1 is 0.944 bits per heavy atom. The van der Waals surface area contributed by atoms with Crippen LogP contribution in [0, 0.1) is 6.58 Å². The Hall–Kier alpha value is -1.04. The Morgan fingerprint density at radius 2 is 1.56 bits per heavy atom. The van der Waals surface area contributed by atoms with E-state index < -0.39 is 0 Å². The lowest BCUT2D eigenvalue weighted by Crippen LogP contribution is -2.10. The zero-order chi connectivity index (χ0) is 13.4. The molecule has 0 aliphatic rings. The summed E-state index contributed by atoms with van der Waals surface area (Å²) in [5.74, 6) is 0. The van der Waals surface area contributed by atoms with Gasteiger partial charge in [0.25, 0.3) is 0 Å². The molecule has 0 heteroatoms. The van der Waals surface area contributed by atoms with Crippen LogP contribution < -0.4 is 0 Å². The van der Waals surface area contributed by atoms with Crippen LogP contribution in [-0.4, -0.2) is 0 Å². The predicted molar refractivity (Wildman–Crippen MR) is 80.8 cm³/mol. The summed E-state index contributed by atoms with van der Waals surface area (Å²) in [5, 5.41) is 0. The van der Waals surface area contributed by atoms with Crippen LogP contribution in [0.15, 0.2) is 30.3 Å². The average molecular weight is 243 g/mol. The van der Waals surface area contributed by atoms with Crippen LogP contribution in [0.5, 0.6) is 0 Å². The molecule has 0 fully saturated rings. The third-order valence-corrected chi connectivity index (χ3v) is 3.41. The molecule has 0 heterocycles. The van der Waals surface area contributed by atoms with Gasteiger partial charge in [-0.25, -0.2) is 0 Å². The third kappa shape index (κ3) is 5.53. The van der Waals surface area contributed by atoms with Gasteiger partial charge in [-0.2, -0.15) is 0 Å². The molecule has 0 saturated heterocycles. The van der Waals surface area contributed by atoms with Crippen LogP contribution in [0.2, 0.25) is 0 Å². The van der Waals surface area contributed by atoms with E-state index in [4.69, 9.17) is 6.58 Å². The maximum Gasteiger partial charge on any atom is -0.0132 e. The van der Waals surface area contributed by atoms with E-state index in [2.05, 4.69) is 45.0 Å². The standard InChI is InChI=1S/C18H27/c1-5-6-7-8-9-10-11-16-12-14-17(15-13-16)18(2,3)4/h1,5,12-15H,6-11H2,2-4H3. The maximum atomic E-state index is 5.36. The van der Waals surface area contributed by atoms with Gasteiger partial charge in [-0.15, -0.1) is 0 Å². The van der Waals surface area contributed by atoms with E-state index in [1.165, 1.54) is 43.2 Å². The molecular formula is C18H27. The van der Waals surface area contributed by atoms with Crippen molar-refractivity contribution in [2.75, 3.05) is 0 Å². The van der Waals surface area contributed by atoms with Crippen molar-refractivity contribution in [3.8, 4) is 0 Å². The first-order valence-corrected chi connectivity index (χ1v) is 7.17. The van der Waals surface area contributed by atoms with Gasteiger partial charge in [-0.1, -0.05) is 70.5 Å². The fourth-order valence-electron chi connectivity index (χ4n) is 2.12. The Balaban J connectivity index is 2.29. The van der Waals surface area contributed by atoms with Gasteiger partial charge in [0.05, 0.1) is 0 Å². The van der Waals surface area contributed by atoms with Gasteiger partial charge in [0.1, 0.15) is 0 Å². The average Bonchev–Trinajstić information content (AvgIpc) is 2.33. The Kier molecular flexibility index (Phi) is 6.18. The van der Waals surface area contributed by atoms with E-state index >= 15 is 0 Å². The van der Waals surface area contributed by atoms with E-state index in [9.17, 15) is 0 Å². The van der Waals surface area contributed by atoms with Gasteiger partial charge in [0.2, 0.25) is 0 Å². The lowest BCUT2D eigenvalue weighted by Gasteiger charge is -2.19. The molecule has 1 aromatic carbocycles. The van der Waals surface area contributed by atoms with Gasteiger partial charge < -0.3 is 0 Å². The second kappa shape index (κ2) is 7.41. The second-order valence-corrected chi connectivity index (χ2v) is 6.14. The van der Waals surface area contributed by atoms with E-state index in [1.807, 2.05) is 0 Å². The minimum Gasteiger partial charge on any atom is -0.0845 e. The molecule has 0 saturated carbocycles. The molecule has 0 bridgehead atoms. The quantitative estimate of drug-likeness (QED) is 0.557. The predicted octanol–water partition coefficient (Wildman–Crippen LogP) is 5.47. The number of unbranched alkanes of at least 4 members (excludes halogenated alkanes) is 4. The van der Waals surface area contributed by atoms with Gasteiger partial charge in [-0.3, -0.25) is 0 Å². The number of hydrogen-bond acceptors (Lipinski definition) is 0. The molecule has 0 aliphatic heterocycles. The fraction of sp³-hybridized carbons (Fsp3) is 0.556. The number of allylic oxidation sites excluding steroid dienone is 1. The Morgan fingerprint density at radius 3 is 2.11 bits per heavy atom. The molecule has 0 aromatic heterocycles. The number of rotatable bonds is 7. The Bertz CT molecular complexity index is 337. The van der Waals surface area contributed by atoms with Crippen LogP contribution in [0.25, 0.3) is 0 Å². The van der Waals surface area contributed by atoms with E-state index in [-0.39, 0.29) is 5.41 Å². The first kappa shape index (κ1) is 15.0. The van der Waals surface area contributed by atoms with E-state index in [0.717, 1.165) is 6.42 Å². The summed E-state index contributed by atoms with van der Waals surface area (Å²) in [6, 6.07) is 9.12. The summed E-state index contributed by atoms with van der Waals surface area (Å²) in [6.45, 7) is 12.1. The van der Waals surface area contributed by atoms with E-state index in [0.29, 0.717) is 0 Å². The molecule has 1 rings (SSSR count). The molecule has 0 aliphatic carbocycles. The second-order valence-electron chi connectivity index (χ2n) is 6.14. The number of benzene rings is 1. The minimum atomic E-state index is 0.261. The number of aryl methyl sites for hydroxylation is 1. The molecule has 1 radical (unpaired) electrons. The molecule has 0 amide bonds. The first-order chi connectivity index (χ1) is 8.54. The molecule has 1 aromatic rings.